The molecule has 116 valence electrons. The average Bonchev–Trinajstić information content (AvgIpc) is 2.84. The van der Waals surface area contributed by atoms with E-state index in [4.69, 9.17) is 4.74 Å². The van der Waals surface area contributed by atoms with E-state index in [2.05, 4.69) is 20.9 Å². The molecule has 0 amide bonds. The van der Waals surface area contributed by atoms with Gasteiger partial charge in [-0.15, -0.1) is 0 Å². The number of halogens is 1. The normalized spacial score (nSPS) is 17.3. The zero-order valence-corrected chi connectivity index (χ0v) is 13.7. The molecule has 1 atom stereocenters. The fourth-order valence-corrected chi connectivity index (χ4v) is 3.58. The van der Waals surface area contributed by atoms with E-state index < -0.39 is 5.97 Å². The summed E-state index contributed by atoms with van der Waals surface area (Å²) in [4.78, 5) is 26.5. The lowest BCUT2D eigenvalue weighted by atomic mass is 9.87. The number of carboxylic acid groups (broad SMARTS) is 1. The number of nitrogens with one attached hydrogen (secondary N) is 1. The van der Waals surface area contributed by atoms with Crippen molar-refractivity contribution in [1.82, 2.24) is 4.98 Å². The molecule has 1 aliphatic rings. The van der Waals surface area contributed by atoms with Crippen molar-refractivity contribution in [2.75, 3.05) is 6.61 Å². The van der Waals surface area contributed by atoms with Crippen molar-refractivity contribution in [2.24, 2.45) is 5.92 Å². The van der Waals surface area contributed by atoms with E-state index in [1.165, 1.54) is 0 Å². The lowest BCUT2D eigenvalue weighted by Gasteiger charge is -2.20. The third-order valence-electron chi connectivity index (χ3n) is 4.11. The van der Waals surface area contributed by atoms with Crippen molar-refractivity contribution >= 4 is 38.8 Å². The number of hydrogen-bond donors (Lipinski definition) is 2. The number of carbonyl (C=O) groups is 2. The Morgan fingerprint density at radius 3 is 2.91 bits per heavy atom. The number of aryl methyl sites for hydroxylation is 1. The summed E-state index contributed by atoms with van der Waals surface area (Å²) in [6.07, 6.45) is 2.04. The summed E-state index contributed by atoms with van der Waals surface area (Å²) < 4.78 is 5.84. The van der Waals surface area contributed by atoms with Gasteiger partial charge in [0.15, 0.2) is 0 Å². The summed E-state index contributed by atoms with van der Waals surface area (Å²) in [6, 6.07) is 3.53. The monoisotopic (exact) mass is 365 g/mol. The molecule has 2 N–H and O–H groups in total. The Kier molecular flexibility index (Phi) is 3.95. The van der Waals surface area contributed by atoms with Crippen LogP contribution >= 0.6 is 15.9 Å². The molecular weight excluding hydrogens is 350 g/mol. The van der Waals surface area contributed by atoms with Crippen LogP contribution in [0.1, 0.15) is 35.0 Å². The number of aromatic amines is 1. The van der Waals surface area contributed by atoms with Gasteiger partial charge in [0.1, 0.15) is 0 Å². The minimum Gasteiger partial charge on any atom is -0.478 e. The van der Waals surface area contributed by atoms with Gasteiger partial charge in [-0.05, 0) is 37.5 Å². The largest absolute Gasteiger partial charge is 0.478 e. The van der Waals surface area contributed by atoms with Gasteiger partial charge in [-0.25, -0.2) is 4.79 Å². The topological polar surface area (TPSA) is 79.4 Å². The molecule has 1 aromatic carbocycles. The highest BCUT2D eigenvalue weighted by atomic mass is 79.9. The van der Waals surface area contributed by atoms with Gasteiger partial charge in [0.25, 0.3) is 0 Å². The lowest BCUT2D eigenvalue weighted by molar-refractivity contribution is -0.148. The van der Waals surface area contributed by atoms with Gasteiger partial charge in [-0.3, -0.25) is 4.79 Å². The molecule has 0 radical (unpaired) electrons. The maximum atomic E-state index is 11.9. The van der Waals surface area contributed by atoms with Crippen LogP contribution in [-0.4, -0.2) is 28.6 Å². The van der Waals surface area contributed by atoms with Gasteiger partial charge < -0.3 is 14.8 Å². The van der Waals surface area contributed by atoms with Crippen LogP contribution in [0.25, 0.3) is 10.9 Å². The van der Waals surface area contributed by atoms with E-state index in [-0.39, 0.29) is 17.5 Å². The molecule has 1 aromatic heterocycles. The quantitative estimate of drug-likeness (QED) is 0.817. The van der Waals surface area contributed by atoms with E-state index in [1.54, 1.807) is 13.0 Å². The molecular formula is C16H16BrNO4. The molecule has 3 rings (SSSR count). The Morgan fingerprint density at radius 1 is 1.45 bits per heavy atom. The maximum Gasteiger partial charge on any atom is 0.337 e. The van der Waals surface area contributed by atoms with Gasteiger partial charge >= 0.3 is 11.9 Å². The molecule has 5 nitrogen and oxygen atoms in total. The molecule has 0 saturated heterocycles. The average molecular weight is 366 g/mol. The number of carbonyl (C=O) groups excluding carboxylic acids is 1. The predicted molar refractivity (Wildman–Crippen MR) is 85.1 cm³/mol. The summed E-state index contributed by atoms with van der Waals surface area (Å²) in [5, 5.41) is 10.3. The zero-order valence-electron chi connectivity index (χ0n) is 12.1. The third-order valence-corrected chi connectivity index (χ3v) is 4.57. The summed E-state index contributed by atoms with van der Waals surface area (Å²) in [5.74, 6) is -1.30. The summed E-state index contributed by atoms with van der Waals surface area (Å²) >= 11 is 3.37. The molecule has 1 aliphatic carbocycles. The Labute approximate surface area is 135 Å². The Balaban J connectivity index is 2.05. The molecule has 0 spiro atoms. The van der Waals surface area contributed by atoms with Crippen LogP contribution < -0.4 is 0 Å². The van der Waals surface area contributed by atoms with Gasteiger partial charge in [0.2, 0.25) is 0 Å². The SMILES string of the molecule is CCOC(=O)C1CCc2c([nH]c3c(C(=O)O)cc(Br)cc23)C1. The van der Waals surface area contributed by atoms with Crippen molar-refractivity contribution in [1.29, 1.82) is 0 Å². The summed E-state index contributed by atoms with van der Waals surface area (Å²) in [7, 11) is 0. The number of carboxylic acids is 1. The third kappa shape index (κ3) is 2.52. The second kappa shape index (κ2) is 5.76. The number of fused-ring (bicyclic) bond motifs is 3. The van der Waals surface area contributed by atoms with Gasteiger partial charge in [0, 0.05) is 22.0 Å². The van der Waals surface area contributed by atoms with E-state index in [9.17, 15) is 14.7 Å². The van der Waals surface area contributed by atoms with Crippen molar-refractivity contribution in [3.63, 3.8) is 0 Å². The van der Waals surface area contributed by atoms with Gasteiger partial charge in [-0.1, -0.05) is 15.9 Å². The molecule has 2 aromatic rings. The molecule has 22 heavy (non-hydrogen) atoms. The highest BCUT2D eigenvalue weighted by molar-refractivity contribution is 9.10. The van der Waals surface area contributed by atoms with E-state index in [1.807, 2.05) is 6.07 Å². The van der Waals surface area contributed by atoms with Crippen molar-refractivity contribution < 1.29 is 19.4 Å². The van der Waals surface area contributed by atoms with Crippen LogP contribution in [-0.2, 0) is 22.4 Å². The molecule has 0 bridgehead atoms. The molecule has 6 heteroatoms. The predicted octanol–water partition coefficient (Wildman–Crippen LogP) is 3.30. The molecule has 0 fully saturated rings. The Hall–Kier alpha value is -1.82. The van der Waals surface area contributed by atoms with Crippen LogP contribution in [0.5, 0.6) is 0 Å². The van der Waals surface area contributed by atoms with Gasteiger partial charge in [-0.2, -0.15) is 0 Å². The van der Waals surface area contributed by atoms with E-state index >= 15 is 0 Å². The maximum absolute atomic E-state index is 11.9. The van der Waals surface area contributed by atoms with Crippen LogP contribution in [0.2, 0.25) is 0 Å². The number of rotatable bonds is 3. The highest BCUT2D eigenvalue weighted by Crippen LogP contribution is 2.35. The minimum absolute atomic E-state index is 0.155. The van der Waals surface area contributed by atoms with Crippen LogP contribution in [0.4, 0.5) is 0 Å². The standard InChI is InChI=1S/C16H16BrNO4/c1-2-22-16(21)8-3-4-10-11-6-9(17)7-12(15(19)20)14(11)18-13(10)5-8/h6-8,18H,2-5H2,1H3,(H,19,20). The Morgan fingerprint density at radius 2 is 2.23 bits per heavy atom. The first-order chi connectivity index (χ1) is 10.5. The highest BCUT2D eigenvalue weighted by Gasteiger charge is 2.29. The van der Waals surface area contributed by atoms with Crippen molar-refractivity contribution in [3.05, 3.63) is 33.4 Å². The Bertz CT molecular complexity index is 765. The van der Waals surface area contributed by atoms with Crippen LogP contribution in [0.3, 0.4) is 0 Å². The molecule has 0 saturated carbocycles. The minimum atomic E-state index is -0.966. The number of aromatic nitrogens is 1. The van der Waals surface area contributed by atoms with Crippen LogP contribution in [0, 0.1) is 5.92 Å². The first-order valence-corrected chi connectivity index (χ1v) is 8.03. The van der Waals surface area contributed by atoms with E-state index in [0.717, 1.165) is 34.0 Å². The second-order valence-electron chi connectivity index (χ2n) is 5.45. The van der Waals surface area contributed by atoms with Crippen molar-refractivity contribution in [3.8, 4) is 0 Å². The number of ether oxygens (including phenoxy) is 1. The molecule has 1 unspecified atom stereocenters. The van der Waals surface area contributed by atoms with E-state index in [0.29, 0.717) is 18.5 Å². The zero-order chi connectivity index (χ0) is 15.9. The number of H-pyrrole nitrogens is 1. The number of aromatic carboxylic acids is 1. The lowest BCUT2D eigenvalue weighted by Crippen LogP contribution is -2.24. The smallest absolute Gasteiger partial charge is 0.337 e. The number of hydrogen-bond acceptors (Lipinski definition) is 3. The fraction of sp³-hybridized carbons (Fsp3) is 0.375. The summed E-state index contributed by atoms with van der Waals surface area (Å²) in [6.45, 7) is 2.18. The van der Waals surface area contributed by atoms with Gasteiger partial charge in [0.05, 0.1) is 23.6 Å². The summed E-state index contributed by atoms with van der Waals surface area (Å²) in [5.41, 5.74) is 2.93. The number of esters is 1. The first kappa shape index (κ1) is 15.1. The molecule has 0 aliphatic heterocycles. The second-order valence-corrected chi connectivity index (χ2v) is 6.37. The first-order valence-electron chi connectivity index (χ1n) is 7.24. The molecule has 1 heterocycles. The van der Waals surface area contributed by atoms with Crippen LogP contribution in [0.15, 0.2) is 16.6 Å². The van der Waals surface area contributed by atoms with Crippen molar-refractivity contribution in [2.45, 2.75) is 26.2 Å². The number of benzene rings is 1. The fourth-order valence-electron chi connectivity index (χ4n) is 3.13.